The van der Waals surface area contributed by atoms with Crippen LogP contribution in [0.3, 0.4) is 0 Å². The standard InChI is InChI=1S/C12H20N2O3S2/c1-10(2)9-17-8-7-14-19(15,16)12-4-3-11(18-12)5-6-13/h3-4,14H,1,5-9,13H2,2H3. The molecular weight excluding hydrogens is 284 g/mol. The number of hydrogen-bond acceptors (Lipinski definition) is 5. The Balaban J connectivity index is 2.44. The summed E-state index contributed by atoms with van der Waals surface area (Å²) < 4.78 is 31.9. The number of sulfonamides is 1. The summed E-state index contributed by atoms with van der Waals surface area (Å²) in [6, 6.07) is 3.40. The van der Waals surface area contributed by atoms with Crippen LogP contribution in [0.2, 0.25) is 0 Å². The van der Waals surface area contributed by atoms with Crippen LogP contribution in [0.25, 0.3) is 0 Å². The maximum atomic E-state index is 11.9. The van der Waals surface area contributed by atoms with Crippen molar-refractivity contribution in [1.29, 1.82) is 0 Å². The van der Waals surface area contributed by atoms with Crippen LogP contribution in [0.5, 0.6) is 0 Å². The Labute approximate surface area is 118 Å². The Hall–Kier alpha value is -0.730. The third kappa shape index (κ3) is 5.84. The van der Waals surface area contributed by atoms with Gasteiger partial charge in [0.1, 0.15) is 4.21 Å². The first-order chi connectivity index (χ1) is 8.95. The van der Waals surface area contributed by atoms with Crippen LogP contribution in [-0.4, -0.2) is 34.7 Å². The van der Waals surface area contributed by atoms with Crippen LogP contribution in [-0.2, 0) is 21.2 Å². The highest BCUT2D eigenvalue weighted by atomic mass is 32.2. The van der Waals surface area contributed by atoms with Gasteiger partial charge in [0.05, 0.1) is 13.2 Å². The lowest BCUT2D eigenvalue weighted by atomic mass is 10.3. The second kappa shape index (κ2) is 7.76. The monoisotopic (exact) mass is 304 g/mol. The molecule has 108 valence electrons. The van der Waals surface area contributed by atoms with Crippen LogP contribution in [0.4, 0.5) is 0 Å². The molecule has 0 radical (unpaired) electrons. The Kier molecular flexibility index (Phi) is 6.67. The van der Waals surface area contributed by atoms with Gasteiger partial charge in [-0.25, -0.2) is 13.1 Å². The first-order valence-electron chi connectivity index (χ1n) is 5.96. The van der Waals surface area contributed by atoms with Gasteiger partial charge in [-0.05, 0) is 32.0 Å². The fourth-order valence-electron chi connectivity index (χ4n) is 1.35. The van der Waals surface area contributed by atoms with E-state index in [9.17, 15) is 8.42 Å². The zero-order valence-corrected chi connectivity index (χ0v) is 12.6. The lowest BCUT2D eigenvalue weighted by molar-refractivity contribution is 0.162. The smallest absolute Gasteiger partial charge is 0.250 e. The van der Waals surface area contributed by atoms with E-state index in [4.69, 9.17) is 10.5 Å². The third-order valence-electron chi connectivity index (χ3n) is 2.18. The molecule has 1 heterocycles. The largest absolute Gasteiger partial charge is 0.376 e. The molecule has 0 fully saturated rings. The van der Waals surface area contributed by atoms with Crippen molar-refractivity contribution in [1.82, 2.24) is 4.72 Å². The fraction of sp³-hybridized carbons (Fsp3) is 0.500. The lowest BCUT2D eigenvalue weighted by Gasteiger charge is -2.05. The Morgan fingerprint density at radius 3 is 2.89 bits per heavy atom. The fourth-order valence-corrected chi connectivity index (χ4v) is 3.77. The number of nitrogens with one attached hydrogen (secondary N) is 1. The summed E-state index contributed by atoms with van der Waals surface area (Å²) in [5, 5.41) is 0. The quantitative estimate of drug-likeness (QED) is 0.529. The molecular formula is C12H20N2O3S2. The van der Waals surface area contributed by atoms with Gasteiger partial charge < -0.3 is 10.5 Å². The predicted molar refractivity (Wildman–Crippen MR) is 77.9 cm³/mol. The van der Waals surface area contributed by atoms with E-state index in [1.165, 1.54) is 11.3 Å². The van der Waals surface area contributed by atoms with Crippen molar-refractivity contribution < 1.29 is 13.2 Å². The normalized spacial score (nSPS) is 11.7. The van der Waals surface area contributed by atoms with Crippen molar-refractivity contribution in [3.8, 4) is 0 Å². The summed E-state index contributed by atoms with van der Waals surface area (Å²) in [6.07, 6.45) is 0.696. The van der Waals surface area contributed by atoms with Crippen LogP contribution < -0.4 is 10.5 Å². The minimum absolute atomic E-state index is 0.250. The summed E-state index contributed by atoms with van der Waals surface area (Å²) in [7, 11) is -3.43. The Morgan fingerprint density at radius 1 is 1.53 bits per heavy atom. The molecule has 0 aliphatic heterocycles. The zero-order valence-electron chi connectivity index (χ0n) is 11.0. The van der Waals surface area contributed by atoms with Gasteiger partial charge >= 0.3 is 0 Å². The van der Waals surface area contributed by atoms with Crippen LogP contribution in [0, 0.1) is 0 Å². The minimum atomic E-state index is -3.43. The molecule has 0 aliphatic carbocycles. The highest BCUT2D eigenvalue weighted by molar-refractivity contribution is 7.91. The average Bonchev–Trinajstić information content (AvgIpc) is 2.78. The molecule has 0 saturated carbocycles. The summed E-state index contributed by atoms with van der Waals surface area (Å²) in [5.74, 6) is 0. The van der Waals surface area contributed by atoms with E-state index in [1.54, 1.807) is 12.1 Å². The van der Waals surface area contributed by atoms with Gasteiger partial charge in [-0.1, -0.05) is 12.2 Å². The van der Waals surface area contributed by atoms with E-state index < -0.39 is 10.0 Å². The summed E-state index contributed by atoms with van der Waals surface area (Å²) in [5.41, 5.74) is 6.34. The van der Waals surface area contributed by atoms with Gasteiger partial charge in [-0.2, -0.15) is 0 Å². The molecule has 0 spiro atoms. The molecule has 1 aromatic rings. The van der Waals surface area contributed by atoms with Crippen molar-refractivity contribution in [3.63, 3.8) is 0 Å². The highest BCUT2D eigenvalue weighted by Crippen LogP contribution is 2.21. The number of thiophene rings is 1. The van der Waals surface area contributed by atoms with E-state index in [0.29, 0.717) is 30.4 Å². The molecule has 0 aliphatic rings. The molecule has 1 aromatic heterocycles. The molecule has 1 rings (SSSR count). The molecule has 0 amide bonds. The Bertz CT molecular complexity index is 509. The molecule has 5 nitrogen and oxygen atoms in total. The van der Waals surface area contributed by atoms with E-state index in [1.807, 2.05) is 6.92 Å². The molecule has 3 N–H and O–H groups in total. The van der Waals surface area contributed by atoms with Crippen molar-refractivity contribution in [2.75, 3.05) is 26.3 Å². The summed E-state index contributed by atoms with van der Waals surface area (Å²) in [4.78, 5) is 0.974. The molecule has 0 aromatic carbocycles. The molecule has 0 bridgehead atoms. The van der Waals surface area contributed by atoms with E-state index in [-0.39, 0.29) is 6.54 Å². The van der Waals surface area contributed by atoms with Crippen LogP contribution in [0.1, 0.15) is 11.8 Å². The molecule has 7 heteroatoms. The van der Waals surface area contributed by atoms with Crippen molar-refractivity contribution in [3.05, 3.63) is 29.2 Å². The third-order valence-corrected chi connectivity index (χ3v) is 5.28. The number of hydrogen-bond donors (Lipinski definition) is 2. The lowest BCUT2D eigenvalue weighted by Crippen LogP contribution is -2.27. The van der Waals surface area contributed by atoms with E-state index in [2.05, 4.69) is 11.3 Å². The van der Waals surface area contributed by atoms with Gasteiger partial charge in [0.2, 0.25) is 10.0 Å². The average molecular weight is 304 g/mol. The minimum Gasteiger partial charge on any atom is -0.376 e. The van der Waals surface area contributed by atoms with Gasteiger partial charge in [-0.3, -0.25) is 0 Å². The van der Waals surface area contributed by atoms with Crippen LogP contribution >= 0.6 is 11.3 Å². The number of nitrogens with two attached hydrogens (primary N) is 1. The van der Waals surface area contributed by atoms with E-state index >= 15 is 0 Å². The zero-order chi connectivity index (χ0) is 14.3. The van der Waals surface area contributed by atoms with Crippen molar-refractivity contribution >= 4 is 21.4 Å². The molecule has 19 heavy (non-hydrogen) atoms. The van der Waals surface area contributed by atoms with Gasteiger partial charge in [-0.15, -0.1) is 11.3 Å². The van der Waals surface area contributed by atoms with Crippen molar-refractivity contribution in [2.24, 2.45) is 5.73 Å². The number of ether oxygens (including phenoxy) is 1. The highest BCUT2D eigenvalue weighted by Gasteiger charge is 2.15. The Morgan fingerprint density at radius 2 is 2.26 bits per heavy atom. The second-order valence-electron chi connectivity index (χ2n) is 4.17. The SMILES string of the molecule is C=C(C)COCCNS(=O)(=O)c1ccc(CCN)s1. The predicted octanol–water partition coefficient (Wildman–Crippen LogP) is 1.12. The maximum absolute atomic E-state index is 11.9. The second-order valence-corrected chi connectivity index (χ2v) is 7.33. The van der Waals surface area contributed by atoms with Crippen molar-refractivity contribution in [2.45, 2.75) is 17.6 Å². The van der Waals surface area contributed by atoms with Gasteiger partial charge in [0.25, 0.3) is 0 Å². The van der Waals surface area contributed by atoms with Crippen LogP contribution in [0.15, 0.2) is 28.5 Å². The first kappa shape index (κ1) is 16.3. The summed E-state index contributed by atoms with van der Waals surface area (Å²) in [6.45, 7) is 7.09. The van der Waals surface area contributed by atoms with Gasteiger partial charge in [0.15, 0.2) is 0 Å². The van der Waals surface area contributed by atoms with Gasteiger partial charge in [0, 0.05) is 11.4 Å². The molecule has 0 saturated heterocycles. The maximum Gasteiger partial charge on any atom is 0.250 e. The summed E-state index contributed by atoms with van der Waals surface area (Å²) >= 11 is 1.25. The number of rotatable bonds is 9. The van der Waals surface area contributed by atoms with E-state index in [0.717, 1.165) is 10.5 Å². The first-order valence-corrected chi connectivity index (χ1v) is 8.26. The topological polar surface area (TPSA) is 81.4 Å². The molecule has 0 unspecified atom stereocenters. The molecule has 0 atom stereocenters.